The average Bonchev–Trinajstić information content (AvgIpc) is 3.07. The van der Waals surface area contributed by atoms with Crippen LogP contribution in [0.1, 0.15) is 33.6 Å². The fraction of sp³-hybridized carbons (Fsp3) is 0.190. The molecular formula is C21H18ClNO3S2. The Bertz CT molecular complexity index is 1140. The number of thiophene rings is 1. The molecule has 1 aliphatic rings. The van der Waals surface area contributed by atoms with Crippen molar-refractivity contribution < 1.29 is 13.2 Å². The number of carbonyl (C=O) groups is 1. The van der Waals surface area contributed by atoms with E-state index in [1.165, 1.54) is 11.3 Å². The summed E-state index contributed by atoms with van der Waals surface area (Å²) >= 11 is 7.49. The standard InChI is InChI=1S/C21H18ClNO3S2/c22-17-12-6-4-10-15(17)20(24)23-21-19(16-11-5-7-13-18(16)27-21)28(25,26)14-8-2-1-3-9-14/h1-4,6,8-10,12H,5,7,11,13H2,(H,23,24). The van der Waals surface area contributed by atoms with E-state index in [9.17, 15) is 13.2 Å². The number of sulfone groups is 1. The van der Waals surface area contributed by atoms with Gasteiger partial charge in [0, 0.05) is 4.88 Å². The van der Waals surface area contributed by atoms with Crippen LogP contribution < -0.4 is 5.32 Å². The highest BCUT2D eigenvalue weighted by molar-refractivity contribution is 7.92. The topological polar surface area (TPSA) is 63.2 Å². The summed E-state index contributed by atoms with van der Waals surface area (Å²) in [6.45, 7) is 0. The van der Waals surface area contributed by atoms with Gasteiger partial charge in [-0.1, -0.05) is 41.9 Å². The van der Waals surface area contributed by atoms with Crippen molar-refractivity contribution in [3.8, 4) is 0 Å². The molecule has 4 nitrogen and oxygen atoms in total. The second kappa shape index (κ2) is 7.70. The van der Waals surface area contributed by atoms with E-state index in [-0.39, 0.29) is 9.79 Å². The maximum absolute atomic E-state index is 13.4. The number of aryl methyl sites for hydroxylation is 1. The Balaban J connectivity index is 1.81. The first-order chi connectivity index (χ1) is 13.5. The highest BCUT2D eigenvalue weighted by Gasteiger charge is 2.31. The molecule has 0 saturated carbocycles. The van der Waals surface area contributed by atoms with Crippen molar-refractivity contribution in [3.05, 3.63) is 75.6 Å². The molecule has 1 heterocycles. The minimum Gasteiger partial charge on any atom is -0.312 e. The number of amides is 1. The van der Waals surface area contributed by atoms with Gasteiger partial charge >= 0.3 is 0 Å². The Morgan fingerprint density at radius 1 is 0.964 bits per heavy atom. The average molecular weight is 432 g/mol. The van der Waals surface area contributed by atoms with Crippen molar-refractivity contribution in [1.29, 1.82) is 0 Å². The van der Waals surface area contributed by atoms with E-state index in [1.807, 2.05) is 0 Å². The minimum absolute atomic E-state index is 0.231. The van der Waals surface area contributed by atoms with Crippen molar-refractivity contribution in [1.82, 2.24) is 0 Å². The Hall–Kier alpha value is -2.15. The van der Waals surface area contributed by atoms with Gasteiger partial charge in [-0.3, -0.25) is 4.79 Å². The van der Waals surface area contributed by atoms with E-state index in [0.29, 0.717) is 22.0 Å². The molecule has 0 saturated heterocycles. The number of hydrogen-bond acceptors (Lipinski definition) is 4. The van der Waals surface area contributed by atoms with Crippen LogP contribution in [0.2, 0.25) is 5.02 Å². The zero-order chi connectivity index (χ0) is 19.7. The Labute approximate surface area is 173 Å². The summed E-state index contributed by atoms with van der Waals surface area (Å²) in [5.41, 5.74) is 1.16. The maximum atomic E-state index is 13.4. The zero-order valence-electron chi connectivity index (χ0n) is 14.9. The molecule has 28 heavy (non-hydrogen) atoms. The predicted octanol–water partition coefficient (Wildman–Crippen LogP) is 5.37. The second-order valence-electron chi connectivity index (χ2n) is 6.62. The van der Waals surface area contributed by atoms with E-state index in [2.05, 4.69) is 5.32 Å². The fourth-order valence-electron chi connectivity index (χ4n) is 3.44. The van der Waals surface area contributed by atoms with Gasteiger partial charge in [0.1, 0.15) is 9.90 Å². The van der Waals surface area contributed by atoms with Gasteiger partial charge in [-0.25, -0.2) is 8.42 Å². The quantitative estimate of drug-likeness (QED) is 0.604. The monoisotopic (exact) mass is 431 g/mol. The lowest BCUT2D eigenvalue weighted by atomic mass is 9.99. The third-order valence-electron chi connectivity index (χ3n) is 4.79. The van der Waals surface area contributed by atoms with E-state index in [4.69, 9.17) is 11.6 Å². The smallest absolute Gasteiger partial charge is 0.257 e. The molecule has 2 aromatic carbocycles. The van der Waals surface area contributed by atoms with E-state index in [0.717, 1.165) is 29.7 Å². The highest BCUT2D eigenvalue weighted by atomic mass is 35.5. The van der Waals surface area contributed by atoms with Gasteiger partial charge in [-0.05, 0) is 55.5 Å². The zero-order valence-corrected chi connectivity index (χ0v) is 17.3. The summed E-state index contributed by atoms with van der Waals surface area (Å²) in [5, 5.41) is 3.52. The number of carbonyl (C=O) groups excluding carboxylic acids is 1. The normalized spacial score (nSPS) is 13.8. The number of halogens is 1. The molecule has 3 aromatic rings. The lowest BCUT2D eigenvalue weighted by molar-refractivity contribution is 0.102. The van der Waals surface area contributed by atoms with Gasteiger partial charge in [0.05, 0.1) is 15.5 Å². The molecule has 0 unspecified atom stereocenters. The van der Waals surface area contributed by atoms with Crippen molar-refractivity contribution in [2.45, 2.75) is 35.5 Å². The SMILES string of the molecule is O=C(Nc1sc2c(c1S(=O)(=O)c1ccccc1)CCCC2)c1ccccc1Cl. The second-order valence-corrected chi connectivity index (χ2v) is 10.0. The molecule has 1 aliphatic carbocycles. The minimum atomic E-state index is -3.74. The molecule has 1 amide bonds. The first-order valence-corrected chi connectivity index (χ1v) is 11.7. The van der Waals surface area contributed by atoms with Crippen molar-refractivity contribution in [2.75, 3.05) is 5.32 Å². The van der Waals surface area contributed by atoms with Gasteiger partial charge in [0.2, 0.25) is 9.84 Å². The van der Waals surface area contributed by atoms with Crippen LogP contribution in [0.15, 0.2) is 64.4 Å². The largest absolute Gasteiger partial charge is 0.312 e. The van der Waals surface area contributed by atoms with Gasteiger partial charge in [0.15, 0.2) is 0 Å². The molecule has 144 valence electrons. The summed E-state index contributed by atoms with van der Waals surface area (Å²) in [5.74, 6) is -0.409. The van der Waals surface area contributed by atoms with Gasteiger partial charge in [0.25, 0.3) is 5.91 Å². The first kappa shape index (κ1) is 19.2. The molecule has 0 bridgehead atoms. The van der Waals surface area contributed by atoms with Crippen molar-refractivity contribution in [3.63, 3.8) is 0 Å². The molecule has 0 fully saturated rings. The van der Waals surface area contributed by atoms with Crippen LogP contribution in [0.4, 0.5) is 5.00 Å². The number of rotatable bonds is 4. The first-order valence-electron chi connectivity index (χ1n) is 8.99. The molecular weight excluding hydrogens is 414 g/mol. The molecule has 0 aliphatic heterocycles. The maximum Gasteiger partial charge on any atom is 0.257 e. The highest BCUT2D eigenvalue weighted by Crippen LogP contribution is 2.43. The number of benzene rings is 2. The summed E-state index contributed by atoms with van der Waals surface area (Å²) < 4.78 is 26.8. The van der Waals surface area contributed by atoms with Gasteiger partial charge in [-0.2, -0.15) is 0 Å². The molecule has 4 rings (SSSR count). The summed E-state index contributed by atoms with van der Waals surface area (Å²) in [4.78, 5) is 14.3. The third kappa shape index (κ3) is 3.48. The number of anilines is 1. The Morgan fingerprint density at radius 2 is 1.64 bits per heavy atom. The third-order valence-corrected chi connectivity index (χ3v) is 8.34. The number of nitrogens with one attached hydrogen (secondary N) is 1. The van der Waals surface area contributed by atoms with Crippen LogP contribution in [-0.4, -0.2) is 14.3 Å². The molecule has 1 aromatic heterocycles. The van der Waals surface area contributed by atoms with Crippen LogP contribution in [0, 0.1) is 0 Å². The molecule has 0 spiro atoms. The summed E-state index contributed by atoms with van der Waals surface area (Å²) in [6, 6.07) is 15.1. The Morgan fingerprint density at radius 3 is 2.39 bits per heavy atom. The summed E-state index contributed by atoms with van der Waals surface area (Å²) in [6.07, 6.45) is 3.50. The van der Waals surface area contributed by atoms with Crippen LogP contribution in [-0.2, 0) is 22.7 Å². The predicted molar refractivity (Wildman–Crippen MR) is 112 cm³/mol. The Kier molecular flexibility index (Phi) is 5.27. The van der Waals surface area contributed by atoms with E-state index < -0.39 is 15.7 Å². The molecule has 0 radical (unpaired) electrons. The molecule has 1 N–H and O–H groups in total. The number of hydrogen-bond donors (Lipinski definition) is 1. The van der Waals surface area contributed by atoms with Crippen molar-refractivity contribution in [2.24, 2.45) is 0 Å². The number of fused-ring (bicyclic) bond motifs is 1. The lowest BCUT2D eigenvalue weighted by Crippen LogP contribution is -2.15. The van der Waals surface area contributed by atoms with Gasteiger partial charge < -0.3 is 5.32 Å². The summed E-state index contributed by atoms with van der Waals surface area (Å²) in [7, 11) is -3.74. The van der Waals surface area contributed by atoms with E-state index in [1.54, 1.807) is 54.6 Å². The van der Waals surface area contributed by atoms with Crippen molar-refractivity contribution >= 4 is 43.7 Å². The van der Waals surface area contributed by atoms with Crippen LogP contribution in [0.25, 0.3) is 0 Å². The molecule has 0 atom stereocenters. The lowest BCUT2D eigenvalue weighted by Gasteiger charge is -2.14. The fourth-order valence-corrected chi connectivity index (χ4v) is 6.95. The van der Waals surface area contributed by atoms with Crippen LogP contribution in [0.3, 0.4) is 0 Å². The van der Waals surface area contributed by atoms with Gasteiger partial charge in [-0.15, -0.1) is 11.3 Å². The molecule has 7 heteroatoms. The van der Waals surface area contributed by atoms with Crippen LogP contribution >= 0.6 is 22.9 Å². The van der Waals surface area contributed by atoms with Crippen LogP contribution in [0.5, 0.6) is 0 Å². The van der Waals surface area contributed by atoms with E-state index >= 15 is 0 Å².